The predicted octanol–water partition coefficient (Wildman–Crippen LogP) is 1.50. The molecule has 16 heteroatoms. The van der Waals surface area contributed by atoms with Crippen molar-refractivity contribution in [2.75, 3.05) is 26.4 Å². The molecular formula is C21H20N8O8. The highest BCUT2D eigenvalue weighted by molar-refractivity contribution is 5.72. The van der Waals surface area contributed by atoms with Crippen LogP contribution in [0.25, 0.3) is 0 Å². The Balaban J connectivity index is 1.54. The lowest BCUT2D eigenvalue weighted by atomic mass is 9.92. The van der Waals surface area contributed by atoms with Crippen LogP contribution >= 0.6 is 0 Å². The maximum absolute atomic E-state index is 12.5. The van der Waals surface area contributed by atoms with Gasteiger partial charge >= 0.3 is 24.4 Å². The van der Waals surface area contributed by atoms with E-state index < -0.39 is 56.2 Å². The molecule has 0 saturated carbocycles. The maximum Gasteiger partial charge on any atom is 0.419 e. The number of carbonyl (C=O) groups is 4. The van der Waals surface area contributed by atoms with Gasteiger partial charge in [0.05, 0.1) is 0 Å². The third-order valence-electron chi connectivity index (χ3n) is 4.87. The summed E-state index contributed by atoms with van der Waals surface area (Å²) in [4.78, 5) is 65.0. The van der Waals surface area contributed by atoms with Gasteiger partial charge in [-0.1, -0.05) is 0 Å². The number of aromatic nitrogens is 8. The van der Waals surface area contributed by atoms with E-state index in [2.05, 4.69) is 19.9 Å². The van der Waals surface area contributed by atoms with Crippen LogP contribution in [-0.2, 0) is 18.9 Å². The normalized spacial score (nSPS) is 11.0. The SMILES string of the molecule is O=C(OCC(COC(=O)n1ccnc1)(COC(=O)n1ccnc1)COC(=O)n1ccnc1)n1ccnc1. The third kappa shape index (κ3) is 6.44. The van der Waals surface area contributed by atoms with Crippen LogP contribution in [-0.4, -0.2) is 89.0 Å². The average molecular weight is 512 g/mol. The second-order valence-corrected chi connectivity index (χ2v) is 7.60. The number of ether oxygens (including phenoxy) is 4. The lowest BCUT2D eigenvalue weighted by molar-refractivity contribution is -0.0482. The van der Waals surface area contributed by atoms with Gasteiger partial charge in [0, 0.05) is 49.6 Å². The fraction of sp³-hybridized carbons (Fsp3) is 0.238. The summed E-state index contributed by atoms with van der Waals surface area (Å²) < 4.78 is 25.8. The number of imidazole rings is 4. The molecule has 0 unspecified atom stereocenters. The van der Waals surface area contributed by atoms with E-state index in [4.69, 9.17) is 18.9 Å². The van der Waals surface area contributed by atoms with Gasteiger partial charge in [0.2, 0.25) is 0 Å². The van der Waals surface area contributed by atoms with Crippen molar-refractivity contribution in [1.82, 2.24) is 38.2 Å². The highest BCUT2D eigenvalue weighted by Crippen LogP contribution is 2.22. The summed E-state index contributed by atoms with van der Waals surface area (Å²) in [5, 5.41) is 0. The second kappa shape index (κ2) is 11.4. The quantitative estimate of drug-likeness (QED) is 0.311. The molecule has 4 aromatic heterocycles. The van der Waals surface area contributed by atoms with Crippen LogP contribution in [0, 0.1) is 5.41 Å². The average Bonchev–Trinajstić information content (AvgIpc) is 3.74. The molecule has 0 aliphatic carbocycles. The van der Waals surface area contributed by atoms with Crippen LogP contribution in [0.1, 0.15) is 0 Å². The minimum absolute atomic E-state index is 0.477. The van der Waals surface area contributed by atoms with E-state index in [0.717, 1.165) is 18.3 Å². The van der Waals surface area contributed by atoms with Gasteiger partial charge in [-0.2, -0.15) is 0 Å². The number of hydrogen-bond donors (Lipinski definition) is 0. The van der Waals surface area contributed by atoms with Gasteiger partial charge in [0.1, 0.15) is 57.2 Å². The first kappa shape index (κ1) is 24.8. The smallest absolute Gasteiger partial charge is 0.419 e. The van der Waals surface area contributed by atoms with Gasteiger partial charge in [-0.15, -0.1) is 0 Å². The summed E-state index contributed by atoms with van der Waals surface area (Å²) >= 11 is 0. The van der Waals surface area contributed by atoms with E-state index in [-0.39, 0.29) is 0 Å². The zero-order chi connectivity index (χ0) is 26.1. The van der Waals surface area contributed by atoms with Gasteiger partial charge in [0.25, 0.3) is 0 Å². The number of nitrogens with zero attached hydrogens (tertiary/aromatic N) is 8. The molecule has 4 aromatic rings. The van der Waals surface area contributed by atoms with Gasteiger partial charge in [-0.25, -0.2) is 57.4 Å². The molecule has 0 N–H and O–H groups in total. The molecule has 0 spiro atoms. The van der Waals surface area contributed by atoms with E-state index in [0.29, 0.717) is 0 Å². The van der Waals surface area contributed by atoms with Crippen LogP contribution in [0.4, 0.5) is 19.2 Å². The first-order valence-corrected chi connectivity index (χ1v) is 10.6. The highest BCUT2D eigenvalue weighted by Gasteiger charge is 2.38. The molecule has 0 aliphatic heterocycles. The van der Waals surface area contributed by atoms with E-state index in [1.807, 2.05) is 0 Å². The summed E-state index contributed by atoms with van der Waals surface area (Å²) in [7, 11) is 0. The van der Waals surface area contributed by atoms with E-state index in [1.165, 1.54) is 74.9 Å². The minimum Gasteiger partial charge on any atom is -0.448 e. The summed E-state index contributed by atoms with van der Waals surface area (Å²) in [5.41, 5.74) is -1.51. The first-order chi connectivity index (χ1) is 18.0. The van der Waals surface area contributed by atoms with Crippen molar-refractivity contribution in [3.05, 3.63) is 74.9 Å². The molecule has 4 rings (SSSR count). The molecule has 192 valence electrons. The van der Waals surface area contributed by atoms with Crippen molar-refractivity contribution in [3.8, 4) is 0 Å². The largest absolute Gasteiger partial charge is 0.448 e. The van der Waals surface area contributed by atoms with Crippen molar-refractivity contribution in [3.63, 3.8) is 0 Å². The molecule has 37 heavy (non-hydrogen) atoms. The Morgan fingerprint density at radius 3 is 0.919 bits per heavy atom. The molecule has 0 bridgehead atoms. The Morgan fingerprint density at radius 2 is 0.730 bits per heavy atom. The van der Waals surface area contributed by atoms with Gasteiger partial charge < -0.3 is 18.9 Å². The van der Waals surface area contributed by atoms with Crippen LogP contribution in [0.5, 0.6) is 0 Å². The Hall–Kier alpha value is -5.28. The van der Waals surface area contributed by atoms with E-state index in [9.17, 15) is 19.2 Å². The molecular weight excluding hydrogens is 492 g/mol. The standard InChI is InChI=1S/C21H20N8O8/c30-17(26-5-1-22-13-26)34-9-21(10-35-18(31)27-6-2-23-14-27,11-36-19(32)28-7-3-24-15-28)12-37-20(33)29-8-4-25-16-29/h1-8,13-16H,9-12H2. The topological polar surface area (TPSA) is 176 Å². The molecule has 0 saturated heterocycles. The maximum atomic E-state index is 12.5. The van der Waals surface area contributed by atoms with Crippen LogP contribution in [0.3, 0.4) is 0 Å². The van der Waals surface area contributed by atoms with Gasteiger partial charge in [0.15, 0.2) is 0 Å². The lowest BCUT2D eigenvalue weighted by Crippen LogP contribution is -2.45. The number of rotatable bonds is 8. The fourth-order valence-electron chi connectivity index (χ4n) is 2.88. The molecule has 0 aliphatic rings. The molecule has 0 amide bonds. The second-order valence-electron chi connectivity index (χ2n) is 7.60. The minimum atomic E-state index is -1.51. The molecule has 0 aromatic carbocycles. The Morgan fingerprint density at radius 1 is 0.486 bits per heavy atom. The molecule has 0 radical (unpaired) electrons. The van der Waals surface area contributed by atoms with Crippen LogP contribution in [0.15, 0.2) is 74.9 Å². The lowest BCUT2D eigenvalue weighted by Gasteiger charge is -2.31. The van der Waals surface area contributed by atoms with Crippen LogP contribution in [0.2, 0.25) is 0 Å². The summed E-state index contributed by atoms with van der Waals surface area (Å²) in [5.74, 6) is 0. The number of hydrogen-bond acceptors (Lipinski definition) is 12. The van der Waals surface area contributed by atoms with Crippen molar-refractivity contribution in [2.24, 2.45) is 5.41 Å². The van der Waals surface area contributed by atoms with Gasteiger partial charge in [-0.05, 0) is 0 Å². The van der Waals surface area contributed by atoms with Crippen molar-refractivity contribution < 1.29 is 38.1 Å². The Labute approximate surface area is 208 Å². The summed E-state index contributed by atoms with van der Waals surface area (Å²) in [6.07, 6.45) is 12.6. The zero-order valence-electron chi connectivity index (χ0n) is 19.1. The molecule has 4 heterocycles. The number of carbonyl (C=O) groups excluding carboxylic acids is 4. The molecule has 0 atom stereocenters. The first-order valence-electron chi connectivity index (χ1n) is 10.6. The van der Waals surface area contributed by atoms with E-state index in [1.54, 1.807) is 0 Å². The van der Waals surface area contributed by atoms with E-state index >= 15 is 0 Å². The fourth-order valence-corrected chi connectivity index (χ4v) is 2.88. The Kier molecular flexibility index (Phi) is 7.67. The monoisotopic (exact) mass is 512 g/mol. The van der Waals surface area contributed by atoms with Gasteiger partial charge in [-0.3, -0.25) is 0 Å². The Bertz CT molecular complexity index is 1090. The predicted molar refractivity (Wildman–Crippen MR) is 118 cm³/mol. The molecule has 0 fully saturated rings. The summed E-state index contributed by atoms with van der Waals surface area (Å²) in [6, 6.07) is 0. The molecule has 16 nitrogen and oxygen atoms in total. The van der Waals surface area contributed by atoms with Crippen molar-refractivity contribution in [1.29, 1.82) is 0 Å². The third-order valence-corrected chi connectivity index (χ3v) is 4.87. The summed E-state index contributed by atoms with van der Waals surface area (Å²) in [6.45, 7) is -1.91. The van der Waals surface area contributed by atoms with Crippen molar-refractivity contribution >= 4 is 24.4 Å². The zero-order valence-corrected chi connectivity index (χ0v) is 19.1. The van der Waals surface area contributed by atoms with Crippen LogP contribution < -0.4 is 0 Å². The highest BCUT2D eigenvalue weighted by atomic mass is 16.6. The van der Waals surface area contributed by atoms with Crippen molar-refractivity contribution in [2.45, 2.75) is 0 Å².